The van der Waals surface area contributed by atoms with Gasteiger partial charge in [0, 0.05) is 53.0 Å². The van der Waals surface area contributed by atoms with Gasteiger partial charge >= 0.3 is 0 Å². The van der Waals surface area contributed by atoms with Gasteiger partial charge in [0.2, 0.25) is 6.41 Å². The SMILES string of the molecule is C=C(Cc1cccc2ccccc12)NC(C(=C)NCC(=C)NC(C)C(C)C#N)c1cc(N)c(C)c(N)c1.C=C(N)CNC=O.CC(C)C.CCC(C)=O. The Morgan fingerprint density at radius 2 is 1.45 bits per heavy atom. The maximum atomic E-state index is 9.81. The number of benzene rings is 3. The number of nitrogens with one attached hydrogen (secondary N) is 4. The van der Waals surface area contributed by atoms with E-state index < -0.39 is 0 Å². The second kappa shape index (κ2) is 25.3. The molecule has 53 heavy (non-hydrogen) atoms. The Bertz CT molecular complexity index is 1670. The van der Waals surface area contributed by atoms with Crippen LogP contribution in [0, 0.1) is 30.1 Å². The molecular weight excluding hydrogens is 661 g/mol. The minimum absolute atomic E-state index is 0.0151. The monoisotopic (exact) mass is 725 g/mol. The normalized spacial score (nSPS) is 11.5. The zero-order valence-electron chi connectivity index (χ0n) is 33.2. The number of nitrogens with zero attached hydrogens (tertiary/aromatic N) is 1. The second-order valence-electron chi connectivity index (χ2n) is 13.6. The fourth-order valence-electron chi connectivity index (χ4n) is 4.36. The van der Waals surface area contributed by atoms with Gasteiger partial charge in [0.25, 0.3) is 0 Å². The number of carbonyl (C=O) groups excluding carboxylic acids is 2. The van der Waals surface area contributed by atoms with Crippen molar-refractivity contribution >= 4 is 34.3 Å². The lowest BCUT2D eigenvalue weighted by Crippen LogP contribution is -2.36. The van der Waals surface area contributed by atoms with Crippen molar-refractivity contribution in [2.75, 3.05) is 24.6 Å². The van der Waals surface area contributed by atoms with E-state index in [4.69, 9.17) is 22.5 Å². The smallest absolute Gasteiger partial charge is 0.207 e. The first-order chi connectivity index (χ1) is 24.9. The highest BCUT2D eigenvalue weighted by molar-refractivity contribution is 5.85. The summed E-state index contributed by atoms with van der Waals surface area (Å²) in [5.41, 5.74) is 24.6. The molecule has 0 saturated heterocycles. The van der Waals surface area contributed by atoms with E-state index in [1.165, 1.54) is 16.3 Å². The number of anilines is 2. The Kier molecular flexibility index (Phi) is 22.6. The van der Waals surface area contributed by atoms with E-state index in [9.17, 15) is 9.59 Å². The number of rotatable bonds is 16. The van der Waals surface area contributed by atoms with Crippen LogP contribution in [0.4, 0.5) is 11.4 Å². The van der Waals surface area contributed by atoms with E-state index in [-0.39, 0.29) is 23.8 Å². The number of allylic oxidation sites excluding steroid dienone is 1. The van der Waals surface area contributed by atoms with Crippen LogP contribution in [-0.2, 0) is 16.0 Å². The number of nitriles is 1. The van der Waals surface area contributed by atoms with Crippen LogP contribution in [0.2, 0.25) is 0 Å². The lowest BCUT2D eigenvalue weighted by molar-refractivity contribution is -0.116. The predicted molar refractivity (Wildman–Crippen MR) is 225 cm³/mol. The molecule has 0 fully saturated rings. The summed E-state index contributed by atoms with van der Waals surface area (Å²) < 4.78 is 0. The van der Waals surface area contributed by atoms with E-state index in [2.05, 4.69) is 105 Å². The molecule has 288 valence electrons. The summed E-state index contributed by atoms with van der Waals surface area (Å²) >= 11 is 0. The first-order valence-electron chi connectivity index (χ1n) is 17.8. The van der Waals surface area contributed by atoms with E-state index >= 15 is 0 Å². The summed E-state index contributed by atoms with van der Waals surface area (Å²) in [5, 5.41) is 24.1. The number of carbonyl (C=O) groups is 2. The molecule has 10 heteroatoms. The number of ketones is 1. The van der Waals surface area contributed by atoms with Gasteiger partial charge in [-0.3, -0.25) is 4.79 Å². The molecule has 0 spiro atoms. The number of amides is 1. The molecule has 0 radical (unpaired) electrons. The number of hydrogen-bond donors (Lipinski definition) is 7. The van der Waals surface area contributed by atoms with Gasteiger partial charge in [-0.05, 0) is 73.2 Å². The van der Waals surface area contributed by atoms with Crippen molar-refractivity contribution in [2.24, 2.45) is 17.6 Å². The molecule has 0 heterocycles. The molecule has 0 bridgehead atoms. The Labute approximate surface area is 318 Å². The number of hydrogen-bond acceptors (Lipinski definition) is 9. The Balaban J connectivity index is 0.00000141. The lowest BCUT2D eigenvalue weighted by Gasteiger charge is -2.27. The fraction of sp³-hybridized carbons (Fsp3) is 0.372. The summed E-state index contributed by atoms with van der Waals surface area (Å²) in [4.78, 5) is 19.3. The van der Waals surface area contributed by atoms with Gasteiger partial charge in [-0.15, -0.1) is 0 Å². The number of nitrogen functional groups attached to an aromatic ring is 2. The average molecular weight is 725 g/mol. The van der Waals surface area contributed by atoms with Crippen LogP contribution in [0.1, 0.15) is 77.6 Å². The summed E-state index contributed by atoms with van der Waals surface area (Å²) in [7, 11) is 0. The van der Waals surface area contributed by atoms with Crippen LogP contribution < -0.4 is 38.5 Å². The molecule has 3 atom stereocenters. The molecule has 0 aromatic heterocycles. The Hall–Kier alpha value is -5.69. The number of fused-ring (bicyclic) bond motifs is 1. The quantitative estimate of drug-likeness (QED) is 0.0588. The Morgan fingerprint density at radius 3 is 1.94 bits per heavy atom. The van der Waals surface area contributed by atoms with Gasteiger partial charge < -0.3 is 43.3 Å². The van der Waals surface area contributed by atoms with Gasteiger partial charge in [-0.25, -0.2) is 0 Å². The molecule has 0 aliphatic carbocycles. The van der Waals surface area contributed by atoms with Gasteiger partial charge in [0.05, 0.1) is 31.1 Å². The van der Waals surface area contributed by atoms with Crippen molar-refractivity contribution in [1.29, 1.82) is 5.26 Å². The second-order valence-corrected chi connectivity index (χ2v) is 13.6. The minimum Gasteiger partial charge on any atom is -0.401 e. The van der Waals surface area contributed by atoms with E-state index in [0.717, 1.165) is 34.1 Å². The van der Waals surface area contributed by atoms with Gasteiger partial charge in [-0.2, -0.15) is 5.26 Å². The predicted octanol–water partition coefficient (Wildman–Crippen LogP) is 7.31. The van der Waals surface area contributed by atoms with Crippen molar-refractivity contribution in [2.45, 2.75) is 80.3 Å². The highest BCUT2D eigenvalue weighted by atomic mass is 16.1. The molecular formula is C43H64N8O2. The zero-order chi connectivity index (χ0) is 40.7. The number of Topliss-reactive ketones (excluding diaryl/α,β-unsaturated/α-hetero) is 1. The molecule has 3 rings (SSSR count). The molecule has 10 N–H and O–H groups in total. The maximum absolute atomic E-state index is 9.81. The van der Waals surface area contributed by atoms with E-state index in [1.807, 2.05) is 52.0 Å². The molecule has 3 aromatic carbocycles. The van der Waals surface area contributed by atoms with Crippen LogP contribution >= 0.6 is 0 Å². The highest BCUT2D eigenvalue weighted by Gasteiger charge is 2.19. The molecule has 1 amide bonds. The van der Waals surface area contributed by atoms with Crippen LogP contribution in [0.25, 0.3) is 10.8 Å². The van der Waals surface area contributed by atoms with Crippen molar-refractivity contribution in [1.82, 2.24) is 21.3 Å². The summed E-state index contributed by atoms with van der Waals surface area (Å²) in [6.45, 7) is 32.6. The molecule has 0 aliphatic heterocycles. The van der Waals surface area contributed by atoms with E-state index in [0.29, 0.717) is 49.4 Å². The first kappa shape index (κ1) is 47.3. The van der Waals surface area contributed by atoms with Crippen LogP contribution in [-0.4, -0.2) is 31.3 Å². The molecule has 0 saturated carbocycles. The van der Waals surface area contributed by atoms with Crippen LogP contribution in [0.5, 0.6) is 0 Å². The molecule has 3 aromatic rings. The standard InChI is InChI=1S/C31H38N6.C4H8N2O.C4H8O.C4H10/c1-19(17-32)23(5)36-21(3)18-35-24(6)31(27-15-29(33)22(4)30(34)16-27)37-20(2)14-26-12-9-11-25-10-7-8-13-28(25)26;1-4(5)2-6-3-7;1-3-4(2)5;1-4(2)3/h7-13,15-16,19,23,31,35-37H,2-3,6,14,18,33-34H2,1,4-5H3;3H,1-2,5H2,(H,6,7);3H2,1-2H3;4H,1-3H3. The third-order valence-electron chi connectivity index (χ3n) is 7.65. The summed E-state index contributed by atoms with van der Waals surface area (Å²) in [6, 6.07) is 20.4. The lowest BCUT2D eigenvalue weighted by atomic mass is 9.98. The van der Waals surface area contributed by atoms with Crippen LogP contribution in [0.3, 0.4) is 0 Å². The van der Waals surface area contributed by atoms with Gasteiger partial charge in [0.1, 0.15) is 5.78 Å². The first-order valence-corrected chi connectivity index (χ1v) is 17.8. The van der Waals surface area contributed by atoms with Gasteiger partial charge in [-0.1, -0.05) is 96.5 Å². The summed E-state index contributed by atoms with van der Waals surface area (Å²) in [5.74, 6) is 0.954. The molecule has 3 unspecified atom stereocenters. The van der Waals surface area contributed by atoms with Crippen molar-refractivity contribution < 1.29 is 9.59 Å². The van der Waals surface area contributed by atoms with Crippen molar-refractivity contribution in [3.05, 3.63) is 120 Å². The molecule has 0 aliphatic rings. The fourth-order valence-corrected chi connectivity index (χ4v) is 4.36. The third kappa shape index (κ3) is 19.5. The largest absolute Gasteiger partial charge is 0.401 e. The zero-order valence-corrected chi connectivity index (χ0v) is 33.2. The van der Waals surface area contributed by atoms with Crippen molar-refractivity contribution in [3.63, 3.8) is 0 Å². The van der Waals surface area contributed by atoms with Gasteiger partial charge in [0.15, 0.2) is 0 Å². The maximum Gasteiger partial charge on any atom is 0.207 e. The highest BCUT2D eigenvalue weighted by Crippen LogP contribution is 2.29. The third-order valence-corrected chi connectivity index (χ3v) is 7.65. The number of nitrogens with two attached hydrogens (primary N) is 3. The summed E-state index contributed by atoms with van der Waals surface area (Å²) in [6.07, 6.45) is 1.90. The van der Waals surface area contributed by atoms with E-state index in [1.54, 1.807) is 6.92 Å². The molecule has 10 nitrogen and oxygen atoms in total. The minimum atomic E-state index is -0.323. The van der Waals surface area contributed by atoms with Crippen molar-refractivity contribution in [3.8, 4) is 6.07 Å². The average Bonchev–Trinajstić information content (AvgIpc) is 3.10. The van der Waals surface area contributed by atoms with Crippen LogP contribution in [0.15, 0.2) is 104 Å². The topological polar surface area (TPSA) is 184 Å². The Morgan fingerprint density at radius 1 is 0.906 bits per heavy atom.